The first-order chi connectivity index (χ1) is 34.0. The summed E-state index contributed by atoms with van der Waals surface area (Å²) in [7, 11) is 0. The summed E-state index contributed by atoms with van der Waals surface area (Å²) in [6.45, 7) is 6.51. The number of carbonyl (C=O) groups excluding carboxylic acids is 3. The second-order valence-electron chi connectivity index (χ2n) is 18.8. The van der Waals surface area contributed by atoms with Crippen LogP contribution in [0.5, 0.6) is 0 Å². The molecule has 0 spiro atoms. The van der Waals surface area contributed by atoms with Gasteiger partial charge < -0.3 is 14.2 Å². The molecule has 0 radical (unpaired) electrons. The summed E-state index contributed by atoms with van der Waals surface area (Å²) in [5.74, 6) is -0.973. The zero-order chi connectivity index (χ0) is 50.0. The molecule has 0 unspecified atom stereocenters. The van der Waals surface area contributed by atoms with E-state index in [1.165, 1.54) is 128 Å². The van der Waals surface area contributed by atoms with Gasteiger partial charge in [0.05, 0.1) is 0 Å². The Labute approximate surface area is 426 Å². The predicted molar refractivity (Wildman–Crippen MR) is 297 cm³/mol. The van der Waals surface area contributed by atoms with E-state index in [0.717, 1.165) is 89.9 Å². The molecule has 0 saturated carbocycles. The van der Waals surface area contributed by atoms with Gasteiger partial charge in [0.2, 0.25) is 0 Å². The number of allylic oxidation sites excluding steroid dienone is 16. The molecule has 394 valence electrons. The summed E-state index contributed by atoms with van der Waals surface area (Å²) in [6, 6.07) is 0. The molecule has 0 aliphatic rings. The molecule has 0 bridgehead atoms. The van der Waals surface area contributed by atoms with Crippen molar-refractivity contribution in [2.45, 2.75) is 271 Å². The molecular formula is C63H106O6. The van der Waals surface area contributed by atoms with E-state index in [1.54, 1.807) is 0 Å². The maximum atomic E-state index is 12.9. The van der Waals surface area contributed by atoms with E-state index in [1.807, 2.05) is 0 Å². The Kier molecular flexibility index (Phi) is 53.9. The maximum Gasteiger partial charge on any atom is 0.306 e. The van der Waals surface area contributed by atoms with Crippen molar-refractivity contribution in [2.75, 3.05) is 13.2 Å². The first-order valence-corrected chi connectivity index (χ1v) is 28.7. The first-order valence-electron chi connectivity index (χ1n) is 28.7. The fraction of sp³-hybridized carbons (Fsp3) is 0.698. The van der Waals surface area contributed by atoms with Crippen LogP contribution in [0.3, 0.4) is 0 Å². The van der Waals surface area contributed by atoms with Crippen LogP contribution in [-0.4, -0.2) is 37.2 Å². The molecule has 0 aromatic heterocycles. The molecule has 0 saturated heterocycles. The number of unbranched alkanes of at least 4 members (excludes halogenated alkanes) is 24. The summed E-state index contributed by atoms with van der Waals surface area (Å²) in [6.07, 6.45) is 75.3. The second kappa shape index (κ2) is 56.9. The van der Waals surface area contributed by atoms with Crippen LogP contribution in [0.2, 0.25) is 0 Å². The van der Waals surface area contributed by atoms with Crippen molar-refractivity contribution < 1.29 is 28.6 Å². The molecule has 0 aliphatic carbocycles. The van der Waals surface area contributed by atoms with Gasteiger partial charge in [-0.3, -0.25) is 14.4 Å². The van der Waals surface area contributed by atoms with Gasteiger partial charge >= 0.3 is 17.9 Å². The number of hydrogen-bond donors (Lipinski definition) is 0. The summed E-state index contributed by atoms with van der Waals surface area (Å²) in [4.78, 5) is 38.2. The second-order valence-corrected chi connectivity index (χ2v) is 18.8. The van der Waals surface area contributed by atoms with E-state index in [2.05, 4.69) is 118 Å². The van der Waals surface area contributed by atoms with E-state index in [-0.39, 0.29) is 37.5 Å². The molecule has 0 fully saturated rings. The summed E-state index contributed by atoms with van der Waals surface area (Å²) >= 11 is 0. The highest BCUT2D eigenvalue weighted by Crippen LogP contribution is 2.14. The Balaban J connectivity index is 4.50. The highest BCUT2D eigenvalue weighted by Gasteiger charge is 2.19. The monoisotopic (exact) mass is 959 g/mol. The van der Waals surface area contributed by atoms with Gasteiger partial charge in [-0.05, 0) is 122 Å². The Hall–Kier alpha value is -3.67. The van der Waals surface area contributed by atoms with Crippen molar-refractivity contribution in [1.82, 2.24) is 0 Å². The van der Waals surface area contributed by atoms with Gasteiger partial charge in [0.15, 0.2) is 6.10 Å². The molecule has 0 amide bonds. The van der Waals surface area contributed by atoms with Crippen molar-refractivity contribution >= 4 is 17.9 Å². The topological polar surface area (TPSA) is 78.9 Å². The lowest BCUT2D eigenvalue weighted by Crippen LogP contribution is -2.30. The van der Waals surface area contributed by atoms with E-state index < -0.39 is 6.10 Å². The molecule has 0 heterocycles. The third-order valence-electron chi connectivity index (χ3n) is 12.0. The third-order valence-corrected chi connectivity index (χ3v) is 12.0. The maximum absolute atomic E-state index is 12.9. The predicted octanol–water partition coefficient (Wildman–Crippen LogP) is 19.3. The SMILES string of the molecule is CCCCC/C=C\C/C=C\C/C=C\C/C=C\CCCC(=O)OC[C@@H](COC(=O)CCCCCCCCC/C=C\C/C=C\CCCCC)OC(=O)CCCCCCCCC/C=C\C/C=C\CCCCC. The van der Waals surface area contributed by atoms with Crippen molar-refractivity contribution in [3.63, 3.8) is 0 Å². The van der Waals surface area contributed by atoms with Crippen LogP contribution in [-0.2, 0) is 28.6 Å². The van der Waals surface area contributed by atoms with Gasteiger partial charge in [-0.25, -0.2) is 0 Å². The Morgan fingerprint density at radius 1 is 0.290 bits per heavy atom. The first kappa shape index (κ1) is 65.3. The van der Waals surface area contributed by atoms with Gasteiger partial charge in [0.1, 0.15) is 13.2 Å². The van der Waals surface area contributed by atoms with E-state index in [9.17, 15) is 14.4 Å². The minimum Gasteiger partial charge on any atom is -0.462 e. The standard InChI is InChI=1S/C63H106O6/c1-4-7-10-13-16-19-22-25-28-31-34-37-40-43-46-49-52-55-61(64)67-58-60(69-63(66)57-54-51-48-45-42-39-36-33-30-27-24-21-18-15-12-9-6-3)59-68-62(65)56-53-50-47-44-41-38-35-32-29-26-23-20-17-14-11-8-5-2/h16-21,25-30,34,37,43,46,60H,4-15,22-24,31-33,35-36,38-42,44-45,47-59H2,1-3H3/b19-16-,20-17-,21-18-,28-25-,29-26-,30-27-,37-34-,46-43-/t60-/m0/s1. The molecule has 6 heteroatoms. The van der Waals surface area contributed by atoms with Crippen LogP contribution in [0.25, 0.3) is 0 Å². The zero-order valence-corrected chi connectivity index (χ0v) is 45.0. The Morgan fingerprint density at radius 2 is 0.536 bits per heavy atom. The van der Waals surface area contributed by atoms with Crippen molar-refractivity contribution in [1.29, 1.82) is 0 Å². The highest BCUT2D eigenvalue weighted by molar-refractivity contribution is 5.71. The largest absolute Gasteiger partial charge is 0.462 e. The summed E-state index contributed by atoms with van der Waals surface area (Å²) in [5.41, 5.74) is 0. The van der Waals surface area contributed by atoms with Crippen molar-refractivity contribution in [2.24, 2.45) is 0 Å². The fourth-order valence-electron chi connectivity index (χ4n) is 7.67. The van der Waals surface area contributed by atoms with Crippen LogP contribution < -0.4 is 0 Å². The van der Waals surface area contributed by atoms with Gasteiger partial charge in [0, 0.05) is 19.3 Å². The van der Waals surface area contributed by atoms with Crippen LogP contribution in [0.15, 0.2) is 97.2 Å². The lowest BCUT2D eigenvalue weighted by Gasteiger charge is -2.18. The molecule has 0 aromatic rings. The minimum atomic E-state index is -0.809. The molecule has 0 rings (SSSR count). The third kappa shape index (κ3) is 55.1. The normalized spacial score (nSPS) is 12.8. The van der Waals surface area contributed by atoms with Gasteiger partial charge in [-0.2, -0.15) is 0 Å². The van der Waals surface area contributed by atoms with E-state index >= 15 is 0 Å². The number of rotatable bonds is 51. The molecular weight excluding hydrogens is 853 g/mol. The van der Waals surface area contributed by atoms with Gasteiger partial charge in [-0.15, -0.1) is 0 Å². The summed E-state index contributed by atoms with van der Waals surface area (Å²) in [5, 5.41) is 0. The van der Waals surface area contributed by atoms with Crippen molar-refractivity contribution in [3.05, 3.63) is 97.2 Å². The van der Waals surface area contributed by atoms with Crippen LogP contribution in [0, 0.1) is 0 Å². The number of ether oxygens (including phenoxy) is 3. The summed E-state index contributed by atoms with van der Waals surface area (Å²) < 4.78 is 16.8. The van der Waals surface area contributed by atoms with Crippen LogP contribution in [0.1, 0.15) is 265 Å². The van der Waals surface area contributed by atoms with Gasteiger partial charge in [0.25, 0.3) is 0 Å². The Bertz CT molecular complexity index is 1380. The van der Waals surface area contributed by atoms with Crippen LogP contribution in [0.4, 0.5) is 0 Å². The van der Waals surface area contributed by atoms with Gasteiger partial charge in [-0.1, -0.05) is 221 Å². The van der Waals surface area contributed by atoms with E-state index in [4.69, 9.17) is 14.2 Å². The lowest BCUT2D eigenvalue weighted by atomic mass is 10.1. The van der Waals surface area contributed by atoms with Crippen LogP contribution >= 0.6 is 0 Å². The quantitative estimate of drug-likeness (QED) is 0.0262. The number of carbonyl (C=O) groups is 3. The average Bonchev–Trinajstić information content (AvgIpc) is 3.35. The smallest absolute Gasteiger partial charge is 0.306 e. The number of hydrogen-bond acceptors (Lipinski definition) is 6. The molecule has 6 nitrogen and oxygen atoms in total. The molecule has 69 heavy (non-hydrogen) atoms. The lowest BCUT2D eigenvalue weighted by molar-refractivity contribution is -0.167. The van der Waals surface area contributed by atoms with E-state index in [0.29, 0.717) is 19.3 Å². The Morgan fingerprint density at radius 3 is 0.870 bits per heavy atom. The minimum absolute atomic E-state index is 0.102. The number of esters is 3. The molecule has 0 aromatic carbocycles. The zero-order valence-electron chi connectivity index (χ0n) is 45.0. The average molecular weight is 960 g/mol. The molecule has 1 atom stereocenters. The van der Waals surface area contributed by atoms with Crippen molar-refractivity contribution in [3.8, 4) is 0 Å². The molecule has 0 N–H and O–H groups in total. The molecule has 0 aliphatic heterocycles. The fourth-order valence-corrected chi connectivity index (χ4v) is 7.67. The highest BCUT2D eigenvalue weighted by atomic mass is 16.6.